The second kappa shape index (κ2) is 9.96. The maximum atomic E-state index is 13.0. The molecule has 0 bridgehead atoms. The zero-order chi connectivity index (χ0) is 20.7. The van der Waals surface area contributed by atoms with Crippen LogP contribution in [0.4, 0.5) is 9.18 Å². The van der Waals surface area contributed by atoms with E-state index in [2.05, 4.69) is 5.32 Å². The lowest BCUT2D eigenvalue weighted by atomic mass is 9.96. The molecule has 0 saturated carbocycles. The molecule has 0 spiro atoms. The SMILES string of the molecule is CC(C)(C)OC(=O)NCC1CCN(C(=O)CCOc2ccc(F)cc2Cl)CC1. The van der Waals surface area contributed by atoms with Crippen molar-refractivity contribution in [1.82, 2.24) is 10.2 Å². The van der Waals surface area contributed by atoms with E-state index in [1.54, 1.807) is 4.90 Å². The number of hydrogen-bond donors (Lipinski definition) is 1. The molecule has 2 amide bonds. The molecule has 156 valence electrons. The van der Waals surface area contributed by atoms with E-state index < -0.39 is 17.5 Å². The highest BCUT2D eigenvalue weighted by Gasteiger charge is 2.24. The van der Waals surface area contributed by atoms with E-state index in [-0.39, 0.29) is 24.0 Å². The Morgan fingerprint density at radius 2 is 1.96 bits per heavy atom. The molecule has 1 saturated heterocycles. The normalized spacial score (nSPS) is 15.2. The van der Waals surface area contributed by atoms with E-state index in [0.717, 1.165) is 12.8 Å². The third-order valence-electron chi connectivity index (χ3n) is 4.37. The van der Waals surface area contributed by atoms with Gasteiger partial charge in [0.05, 0.1) is 18.1 Å². The minimum atomic E-state index is -0.514. The molecule has 28 heavy (non-hydrogen) atoms. The first-order valence-electron chi connectivity index (χ1n) is 9.46. The molecular weight excluding hydrogens is 387 g/mol. The highest BCUT2D eigenvalue weighted by Crippen LogP contribution is 2.25. The van der Waals surface area contributed by atoms with Gasteiger partial charge in [0.1, 0.15) is 17.2 Å². The Kier molecular flexibility index (Phi) is 7.92. The lowest BCUT2D eigenvalue weighted by molar-refractivity contribution is -0.133. The Morgan fingerprint density at radius 3 is 2.57 bits per heavy atom. The Morgan fingerprint density at radius 1 is 1.29 bits per heavy atom. The lowest BCUT2D eigenvalue weighted by Crippen LogP contribution is -2.42. The van der Waals surface area contributed by atoms with Gasteiger partial charge in [0, 0.05) is 19.6 Å². The summed E-state index contributed by atoms with van der Waals surface area (Å²) in [5, 5.41) is 2.98. The van der Waals surface area contributed by atoms with Gasteiger partial charge in [-0.25, -0.2) is 9.18 Å². The van der Waals surface area contributed by atoms with Gasteiger partial charge in [0.25, 0.3) is 0 Å². The molecule has 1 aliphatic heterocycles. The number of ether oxygens (including phenoxy) is 2. The minimum absolute atomic E-state index is 0.0109. The molecule has 1 N–H and O–H groups in total. The molecule has 6 nitrogen and oxygen atoms in total. The summed E-state index contributed by atoms with van der Waals surface area (Å²) >= 11 is 5.90. The van der Waals surface area contributed by atoms with Crippen LogP contribution in [-0.4, -0.2) is 48.7 Å². The second-order valence-corrected chi connectivity index (χ2v) is 8.29. The van der Waals surface area contributed by atoms with Crippen LogP contribution in [0, 0.1) is 11.7 Å². The van der Waals surface area contributed by atoms with Crippen LogP contribution in [0.2, 0.25) is 5.02 Å². The van der Waals surface area contributed by atoms with Crippen molar-refractivity contribution in [3.8, 4) is 5.75 Å². The molecular formula is C20H28ClFN2O4. The van der Waals surface area contributed by atoms with Crippen LogP contribution >= 0.6 is 11.6 Å². The number of alkyl carbamates (subject to hydrolysis) is 1. The molecule has 1 aliphatic rings. The van der Waals surface area contributed by atoms with Gasteiger partial charge < -0.3 is 19.7 Å². The number of carbonyl (C=O) groups is 2. The average molecular weight is 415 g/mol. The number of piperidine rings is 1. The highest BCUT2D eigenvalue weighted by molar-refractivity contribution is 6.32. The fourth-order valence-electron chi connectivity index (χ4n) is 2.93. The van der Waals surface area contributed by atoms with Crippen molar-refractivity contribution < 1.29 is 23.5 Å². The van der Waals surface area contributed by atoms with Crippen molar-refractivity contribution in [2.45, 2.75) is 45.6 Å². The first-order chi connectivity index (χ1) is 13.1. The smallest absolute Gasteiger partial charge is 0.407 e. The summed E-state index contributed by atoms with van der Waals surface area (Å²) in [6.07, 6.45) is 1.47. The van der Waals surface area contributed by atoms with Crippen LogP contribution in [0.15, 0.2) is 18.2 Å². The number of benzene rings is 1. The zero-order valence-electron chi connectivity index (χ0n) is 16.6. The van der Waals surface area contributed by atoms with Crippen LogP contribution in [0.1, 0.15) is 40.0 Å². The quantitative estimate of drug-likeness (QED) is 0.763. The van der Waals surface area contributed by atoms with E-state index in [1.165, 1.54) is 18.2 Å². The molecule has 0 aliphatic carbocycles. The van der Waals surface area contributed by atoms with Crippen LogP contribution in [0.5, 0.6) is 5.75 Å². The predicted octanol–water partition coefficient (Wildman–Crippen LogP) is 4.01. The number of carbonyl (C=O) groups excluding carboxylic acids is 2. The first-order valence-corrected chi connectivity index (χ1v) is 9.84. The van der Waals surface area contributed by atoms with Gasteiger partial charge in [-0.3, -0.25) is 4.79 Å². The van der Waals surface area contributed by atoms with Crippen molar-refractivity contribution in [2.24, 2.45) is 5.92 Å². The minimum Gasteiger partial charge on any atom is -0.491 e. The highest BCUT2D eigenvalue weighted by atomic mass is 35.5. The van der Waals surface area contributed by atoms with Gasteiger partial charge in [0.2, 0.25) is 5.91 Å². The number of hydrogen-bond acceptors (Lipinski definition) is 4. The maximum Gasteiger partial charge on any atom is 0.407 e. The van der Waals surface area contributed by atoms with E-state index in [0.29, 0.717) is 31.3 Å². The van der Waals surface area contributed by atoms with Crippen LogP contribution in [0.3, 0.4) is 0 Å². The Bertz CT molecular complexity index is 685. The number of amides is 2. The fourth-order valence-corrected chi connectivity index (χ4v) is 3.15. The molecule has 2 rings (SSSR count). The van der Waals surface area contributed by atoms with E-state index >= 15 is 0 Å². The van der Waals surface area contributed by atoms with Gasteiger partial charge in [-0.1, -0.05) is 11.6 Å². The van der Waals surface area contributed by atoms with Gasteiger partial charge in [0.15, 0.2) is 0 Å². The van der Waals surface area contributed by atoms with Gasteiger partial charge in [-0.2, -0.15) is 0 Å². The monoisotopic (exact) mass is 414 g/mol. The molecule has 0 unspecified atom stereocenters. The van der Waals surface area contributed by atoms with Crippen LogP contribution < -0.4 is 10.1 Å². The van der Waals surface area contributed by atoms with Gasteiger partial charge in [-0.05, 0) is 57.7 Å². The molecule has 0 atom stereocenters. The van der Waals surface area contributed by atoms with E-state index in [9.17, 15) is 14.0 Å². The standard InChI is InChI=1S/C20H28ClFN2O4/c1-20(2,3)28-19(26)23-13-14-6-9-24(10-7-14)18(25)8-11-27-17-5-4-15(22)12-16(17)21/h4-5,12,14H,6-11,13H2,1-3H3,(H,23,26). The van der Waals surface area contributed by atoms with Crippen molar-refractivity contribution in [3.05, 3.63) is 29.0 Å². The summed E-state index contributed by atoms with van der Waals surface area (Å²) < 4.78 is 23.7. The van der Waals surface area contributed by atoms with Crippen molar-refractivity contribution >= 4 is 23.6 Å². The summed E-state index contributed by atoms with van der Waals surface area (Å²) in [6.45, 7) is 7.50. The molecule has 0 aromatic heterocycles. The topological polar surface area (TPSA) is 67.9 Å². The number of halogens is 2. The summed E-state index contributed by atoms with van der Waals surface area (Å²) in [7, 11) is 0. The summed E-state index contributed by atoms with van der Waals surface area (Å²) in [4.78, 5) is 25.8. The second-order valence-electron chi connectivity index (χ2n) is 7.88. The molecule has 1 heterocycles. The number of nitrogens with zero attached hydrogens (tertiary/aromatic N) is 1. The molecule has 0 radical (unpaired) electrons. The number of rotatable bonds is 6. The molecule has 1 fully saturated rings. The third-order valence-corrected chi connectivity index (χ3v) is 4.66. The van der Waals surface area contributed by atoms with E-state index in [1.807, 2.05) is 20.8 Å². The van der Waals surface area contributed by atoms with Gasteiger partial charge in [-0.15, -0.1) is 0 Å². The zero-order valence-corrected chi connectivity index (χ0v) is 17.4. The first kappa shape index (κ1) is 22.3. The summed E-state index contributed by atoms with van der Waals surface area (Å²) in [5.41, 5.74) is -0.514. The average Bonchev–Trinajstić information content (AvgIpc) is 2.60. The largest absolute Gasteiger partial charge is 0.491 e. The predicted molar refractivity (Wildman–Crippen MR) is 105 cm³/mol. The van der Waals surface area contributed by atoms with Crippen molar-refractivity contribution in [3.63, 3.8) is 0 Å². The van der Waals surface area contributed by atoms with Gasteiger partial charge >= 0.3 is 6.09 Å². The number of nitrogens with one attached hydrogen (secondary N) is 1. The fraction of sp³-hybridized carbons (Fsp3) is 0.600. The van der Waals surface area contributed by atoms with Crippen molar-refractivity contribution in [1.29, 1.82) is 0 Å². The third kappa shape index (κ3) is 7.54. The summed E-state index contributed by atoms with van der Waals surface area (Å²) in [6, 6.07) is 3.89. The Hall–Kier alpha value is -2.02. The van der Waals surface area contributed by atoms with E-state index in [4.69, 9.17) is 21.1 Å². The maximum absolute atomic E-state index is 13.0. The molecule has 1 aromatic rings. The number of likely N-dealkylation sites (tertiary alicyclic amines) is 1. The van der Waals surface area contributed by atoms with Crippen LogP contribution in [-0.2, 0) is 9.53 Å². The summed E-state index contributed by atoms with van der Waals surface area (Å²) in [5.74, 6) is 0.267. The van der Waals surface area contributed by atoms with Crippen LogP contribution in [0.25, 0.3) is 0 Å². The Labute approximate surface area is 170 Å². The van der Waals surface area contributed by atoms with Crippen molar-refractivity contribution in [2.75, 3.05) is 26.2 Å². The Balaban J connectivity index is 1.65. The molecule has 1 aromatic carbocycles. The molecule has 8 heteroatoms. The lowest BCUT2D eigenvalue weighted by Gasteiger charge is -2.32.